The molecule has 4 heteroatoms. The van der Waals surface area contributed by atoms with E-state index in [4.69, 9.17) is 0 Å². The zero-order valence-electron chi connectivity index (χ0n) is 13.8. The van der Waals surface area contributed by atoms with Gasteiger partial charge in [-0.25, -0.2) is 0 Å². The van der Waals surface area contributed by atoms with E-state index in [9.17, 15) is 4.79 Å². The lowest BCUT2D eigenvalue weighted by Crippen LogP contribution is -2.32. The van der Waals surface area contributed by atoms with Crippen LogP contribution in [0, 0.1) is 6.92 Å². The van der Waals surface area contributed by atoms with E-state index in [-0.39, 0.29) is 11.2 Å². The van der Waals surface area contributed by atoms with Crippen LogP contribution in [-0.2, 0) is 4.79 Å². The number of carbonyl (C=O) groups is 1. The standard InChI is InChI=1S/C18H28N2OS/c1-15-7-9-17(10-8-15)22-16(2)18(21)19-11-3-4-12-20-13-5-6-14-20/h7-10,16H,3-6,11-14H2,1-2H3,(H,19,21). The van der Waals surface area contributed by atoms with Crippen molar-refractivity contribution in [3.63, 3.8) is 0 Å². The number of rotatable bonds is 8. The van der Waals surface area contributed by atoms with E-state index in [2.05, 4.69) is 41.4 Å². The molecule has 1 amide bonds. The molecule has 2 rings (SSSR count). The Morgan fingerprint density at radius 2 is 1.91 bits per heavy atom. The number of hydrogen-bond acceptors (Lipinski definition) is 3. The zero-order chi connectivity index (χ0) is 15.8. The maximum atomic E-state index is 12.1. The highest BCUT2D eigenvalue weighted by Gasteiger charge is 2.14. The van der Waals surface area contributed by atoms with Gasteiger partial charge >= 0.3 is 0 Å². The molecule has 0 bridgehead atoms. The van der Waals surface area contributed by atoms with E-state index in [1.54, 1.807) is 11.8 Å². The molecule has 3 nitrogen and oxygen atoms in total. The smallest absolute Gasteiger partial charge is 0.233 e. The van der Waals surface area contributed by atoms with Crippen LogP contribution in [0.3, 0.4) is 0 Å². The molecule has 0 aliphatic carbocycles. The molecular formula is C18H28N2OS. The molecule has 1 atom stereocenters. The summed E-state index contributed by atoms with van der Waals surface area (Å²) in [6.07, 6.45) is 4.96. The van der Waals surface area contributed by atoms with Gasteiger partial charge in [-0.05, 0) is 71.3 Å². The molecule has 1 saturated heterocycles. The van der Waals surface area contributed by atoms with Crippen molar-refractivity contribution >= 4 is 17.7 Å². The molecule has 0 spiro atoms. The van der Waals surface area contributed by atoms with Crippen LogP contribution in [0.1, 0.15) is 38.2 Å². The van der Waals surface area contributed by atoms with Gasteiger partial charge in [0.05, 0.1) is 5.25 Å². The van der Waals surface area contributed by atoms with Gasteiger partial charge in [-0.2, -0.15) is 0 Å². The number of nitrogens with zero attached hydrogens (tertiary/aromatic N) is 1. The molecule has 1 heterocycles. The van der Waals surface area contributed by atoms with E-state index >= 15 is 0 Å². The van der Waals surface area contributed by atoms with Crippen LogP contribution in [-0.4, -0.2) is 42.2 Å². The molecule has 0 radical (unpaired) electrons. The van der Waals surface area contributed by atoms with Gasteiger partial charge in [-0.3, -0.25) is 4.79 Å². The van der Waals surface area contributed by atoms with Gasteiger partial charge in [0, 0.05) is 11.4 Å². The second-order valence-corrected chi connectivity index (χ2v) is 7.53. The molecule has 0 saturated carbocycles. The molecule has 1 aromatic rings. The Kier molecular flexibility index (Phi) is 7.26. The zero-order valence-corrected chi connectivity index (χ0v) is 14.6. The Morgan fingerprint density at radius 3 is 2.59 bits per heavy atom. The third-order valence-corrected chi connectivity index (χ3v) is 5.21. The summed E-state index contributed by atoms with van der Waals surface area (Å²) in [6.45, 7) is 8.55. The predicted molar refractivity (Wildman–Crippen MR) is 94.4 cm³/mol. The first-order valence-electron chi connectivity index (χ1n) is 8.38. The van der Waals surface area contributed by atoms with Crippen molar-refractivity contribution in [2.45, 2.75) is 49.7 Å². The third kappa shape index (κ3) is 6.01. The Hall–Kier alpha value is -1.00. The van der Waals surface area contributed by atoms with Gasteiger partial charge in [-0.15, -0.1) is 11.8 Å². The summed E-state index contributed by atoms with van der Waals surface area (Å²) in [7, 11) is 0. The summed E-state index contributed by atoms with van der Waals surface area (Å²) in [5, 5.41) is 3.02. The number of amides is 1. The van der Waals surface area contributed by atoms with Gasteiger partial charge in [-0.1, -0.05) is 17.7 Å². The first kappa shape index (κ1) is 17.4. The van der Waals surface area contributed by atoms with Crippen LogP contribution < -0.4 is 5.32 Å². The molecule has 1 unspecified atom stereocenters. The van der Waals surface area contributed by atoms with Crippen LogP contribution in [0.25, 0.3) is 0 Å². The van der Waals surface area contributed by atoms with Crippen LogP contribution in [0.15, 0.2) is 29.2 Å². The summed E-state index contributed by atoms with van der Waals surface area (Å²) < 4.78 is 0. The maximum Gasteiger partial charge on any atom is 0.233 e. The van der Waals surface area contributed by atoms with Crippen LogP contribution >= 0.6 is 11.8 Å². The summed E-state index contributed by atoms with van der Waals surface area (Å²) in [4.78, 5) is 15.8. The number of unbranched alkanes of at least 4 members (excludes halogenated alkanes) is 1. The highest BCUT2D eigenvalue weighted by Crippen LogP contribution is 2.23. The minimum atomic E-state index is -0.0405. The van der Waals surface area contributed by atoms with E-state index in [0.29, 0.717) is 0 Å². The second kappa shape index (κ2) is 9.21. The lowest BCUT2D eigenvalue weighted by Gasteiger charge is -2.15. The molecule has 122 valence electrons. The van der Waals surface area contributed by atoms with Crippen molar-refractivity contribution in [2.24, 2.45) is 0 Å². The Labute approximate surface area is 138 Å². The summed E-state index contributed by atoms with van der Waals surface area (Å²) in [6, 6.07) is 8.34. The lowest BCUT2D eigenvalue weighted by atomic mass is 10.2. The highest BCUT2D eigenvalue weighted by molar-refractivity contribution is 8.00. The summed E-state index contributed by atoms with van der Waals surface area (Å²) in [5.74, 6) is 0.145. The van der Waals surface area contributed by atoms with Crippen molar-refractivity contribution in [3.8, 4) is 0 Å². The second-order valence-electron chi connectivity index (χ2n) is 6.12. The predicted octanol–water partition coefficient (Wildman–Crippen LogP) is 3.47. The Morgan fingerprint density at radius 1 is 1.23 bits per heavy atom. The number of aryl methyl sites for hydroxylation is 1. The van der Waals surface area contributed by atoms with E-state index in [1.807, 2.05) is 6.92 Å². The minimum Gasteiger partial charge on any atom is -0.355 e. The molecular weight excluding hydrogens is 292 g/mol. The fourth-order valence-electron chi connectivity index (χ4n) is 2.70. The largest absolute Gasteiger partial charge is 0.355 e. The lowest BCUT2D eigenvalue weighted by molar-refractivity contribution is -0.120. The number of likely N-dealkylation sites (tertiary alicyclic amines) is 1. The molecule has 1 N–H and O–H groups in total. The monoisotopic (exact) mass is 320 g/mol. The molecule has 0 aromatic heterocycles. The molecule has 1 aliphatic rings. The Balaban J connectivity index is 1.58. The highest BCUT2D eigenvalue weighted by atomic mass is 32.2. The first-order valence-corrected chi connectivity index (χ1v) is 9.26. The molecule has 1 fully saturated rings. The van der Waals surface area contributed by atoms with Gasteiger partial charge in [0.25, 0.3) is 0 Å². The van der Waals surface area contributed by atoms with Crippen LogP contribution in [0.2, 0.25) is 0 Å². The quantitative estimate of drug-likeness (QED) is 0.588. The van der Waals surface area contributed by atoms with Gasteiger partial charge in [0.15, 0.2) is 0 Å². The number of nitrogens with one attached hydrogen (secondary N) is 1. The maximum absolute atomic E-state index is 12.1. The topological polar surface area (TPSA) is 32.3 Å². The fraction of sp³-hybridized carbons (Fsp3) is 0.611. The van der Waals surface area contributed by atoms with Crippen molar-refractivity contribution in [2.75, 3.05) is 26.2 Å². The number of carbonyl (C=O) groups excluding carboxylic acids is 1. The third-order valence-electron chi connectivity index (χ3n) is 4.10. The van der Waals surface area contributed by atoms with Crippen molar-refractivity contribution in [1.82, 2.24) is 10.2 Å². The van der Waals surface area contributed by atoms with Crippen molar-refractivity contribution in [1.29, 1.82) is 0 Å². The number of thioether (sulfide) groups is 1. The SMILES string of the molecule is Cc1ccc(SC(C)C(=O)NCCCCN2CCCC2)cc1. The molecule has 1 aromatic carbocycles. The summed E-state index contributed by atoms with van der Waals surface area (Å²) >= 11 is 1.62. The van der Waals surface area contributed by atoms with Gasteiger partial charge in [0.1, 0.15) is 0 Å². The van der Waals surface area contributed by atoms with Crippen LogP contribution in [0.4, 0.5) is 0 Å². The van der Waals surface area contributed by atoms with Crippen molar-refractivity contribution < 1.29 is 4.79 Å². The minimum absolute atomic E-state index is 0.0405. The Bertz CT molecular complexity index is 455. The average molecular weight is 321 g/mol. The van der Waals surface area contributed by atoms with Gasteiger partial charge in [0.2, 0.25) is 5.91 Å². The molecule has 1 aliphatic heterocycles. The van der Waals surface area contributed by atoms with Gasteiger partial charge < -0.3 is 10.2 Å². The van der Waals surface area contributed by atoms with Crippen molar-refractivity contribution in [3.05, 3.63) is 29.8 Å². The summed E-state index contributed by atoms with van der Waals surface area (Å²) in [5.41, 5.74) is 1.25. The number of hydrogen-bond donors (Lipinski definition) is 1. The van der Waals surface area contributed by atoms with E-state index in [0.717, 1.165) is 17.9 Å². The van der Waals surface area contributed by atoms with E-state index < -0.39 is 0 Å². The average Bonchev–Trinajstić information content (AvgIpc) is 3.02. The van der Waals surface area contributed by atoms with Crippen LogP contribution in [0.5, 0.6) is 0 Å². The normalized spacial score (nSPS) is 16.6. The van der Waals surface area contributed by atoms with E-state index in [1.165, 1.54) is 44.5 Å². The first-order chi connectivity index (χ1) is 10.6. The fourth-order valence-corrected chi connectivity index (χ4v) is 3.59. The molecule has 22 heavy (non-hydrogen) atoms. The number of benzene rings is 1.